The zero-order chi connectivity index (χ0) is 19.8. The number of nitrogens with zero attached hydrogens (tertiary/aromatic N) is 3. The van der Waals surface area contributed by atoms with Crippen LogP contribution in [0.1, 0.15) is 21.3 Å². The molecule has 1 atom stereocenters. The molecule has 1 amide bonds. The van der Waals surface area contributed by atoms with Crippen LogP contribution in [0.15, 0.2) is 64.7 Å². The quantitative estimate of drug-likeness (QED) is 0.386. The zero-order valence-electron chi connectivity index (χ0n) is 14.0. The number of amides is 1. The summed E-state index contributed by atoms with van der Waals surface area (Å²) < 4.78 is 0. The van der Waals surface area contributed by atoms with Gasteiger partial charge in [0.2, 0.25) is 5.78 Å². The van der Waals surface area contributed by atoms with Crippen LogP contribution in [0.3, 0.4) is 0 Å². The third kappa shape index (κ3) is 2.88. The fourth-order valence-corrected chi connectivity index (χ4v) is 4.38. The van der Waals surface area contributed by atoms with E-state index < -0.39 is 28.4 Å². The summed E-state index contributed by atoms with van der Waals surface area (Å²) in [5, 5.41) is 25.4. The first-order valence-electron chi connectivity index (χ1n) is 7.97. The van der Waals surface area contributed by atoms with Crippen LogP contribution in [0.2, 0.25) is 0 Å². The summed E-state index contributed by atoms with van der Waals surface area (Å²) in [5.41, 5.74) is 0.0307. The zero-order valence-corrected chi connectivity index (χ0v) is 15.6. The number of rotatable bonds is 5. The van der Waals surface area contributed by atoms with Crippen molar-refractivity contribution in [1.82, 2.24) is 4.98 Å². The number of Topliss-reactive ketones (excluding diaryl/α,β-unsaturated/α-hetero) is 1. The van der Waals surface area contributed by atoms with Gasteiger partial charge in [-0.2, -0.15) is 0 Å². The van der Waals surface area contributed by atoms with Gasteiger partial charge >= 0.3 is 0 Å². The summed E-state index contributed by atoms with van der Waals surface area (Å²) in [4.78, 5) is 42.1. The third-order valence-corrected chi connectivity index (χ3v) is 5.86. The molecule has 8 nitrogen and oxygen atoms in total. The second-order valence-corrected chi connectivity index (χ2v) is 7.63. The van der Waals surface area contributed by atoms with Gasteiger partial charge in [-0.1, -0.05) is 18.2 Å². The van der Waals surface area contributed by atoms with E-state index in [1.165, 1.54) is 40.6 Å². The molecular weight excluding hydrogens is 402 g/mol. The number of nitro benzene ring substituents is 1. The highest BCUT2D eigenvalue weighted by molar-refractivity contribution is 7.14. The number of benzene rings is 1. The Balaban J connectivity index is 1.90. The molecule has 10 heteroatoms. The maximum atomic E-state index is 13.0. The van der Waals surface area contributed by atoms with E-state index in [2.05, 4.69) is 4.98 Å². The summed E-state index contributed by atoms with van der Waals surface area (Å²) in [7, 11) is 0. The SMILES string of the molecule is O=C(C1=C(O)C(=O)N(c2nccs2)C1c1cccc([N+](=O)[O-])c1)c1cccs1. The normalized spacial score (nSPS) is 16.6. The van der Waals surface area contributed by atoms with E-state index in [1.807, 2.05) is 0 Å². The molecule has 1 N–H and O–H groups in total. The van der Waals surface area contributed by atoms with Gasteiger partial charge in [-0.25, -0.2) is 4.98 Å². The highest BCUT2D eigenvalue weighted by Gasteiger charge is 2.46. The van der Waals surface area contributed by atoms with Crippen molar-refractivity contribution in [2.75, 3.05) is 4.90 Å². The van der Waals surface area contributed by atoms with Gasteiger partial charge in [0.1, 0.15) is 0 Å². The minimum Gasteiger partial charge on any atom is -0.503 e. The van der Waals surface area contributed by atoms with Crippen LogP contribution in [-0.4, -0.2) is 26.7 Å². The molecule has 0 fully saturated rings. The summed E-state index contributed by atoms with van der Waals surface area (Å²) >= 11 is 2.34. The summed E-state index contributed by atoms with van der Waals surface area (Å²) in [6.45, 7) is 0. The number of non-ortho nitro benzene ring substituents is 1. The minimum atomic E-state index is -1.02. The molecule has 0 saturated carbocycles. The summed E-state index contributed by atoms with van der Waals surface area (Å²) in [5.74, 6) is -1.95. The second kappa shape index (κ2) is 6.98. The Morgan fingerprint density at radius 2 is 2.04 bits per heavy atom. The predicted molar refractivity (Wildman–Crippen MR) is 104 cm³/mol. The lowest BCUT2D eigenvalue weighted by Gasteiger charge is -2.24. The smallest absolute Gasteiger partial charge is 0.296 e. The number of anilines is 1. The van der Waals surface area contributed by atoms with Gasteiger partial charge in [-0.15, -0.1) is 22.7 Å². The Hall–Kier alpha value is -3.37. The largest absolute Gasteiger partial charge is 0.503 e. The lowest BCUT2D eigenvalue weighted by atomic mass is 9.95. The molecule has 0 radical (unpaired) electrons. The predicted octanol–water partition coefficient (Wildman–Crippen LogP) is 3.90. The van der Waals surface area contributed by atoms with Crippen molar-refractivity contribution in [3.05, 3.63) is 85.2 Å². The van der Waals surface area contributed by atoms with Crippen LogP contribution in [-0.2, 0) is 4.79 Å². The topological polar surface area (TPSA) is 114 Å². The monoisotopic (exact) mass is 413 g/mol. The van der Waals surface area contributed by atoms with Crippen molar-refractivity contribution in [2.24, 2.45) is 0 Å². The average Bonchev–Trinajstić information content (AvgIpc) is 3.43. The number of thiophene rings is 1. The maximum absolute atomic E-state index is 13.0. The number of hydrogen-bond donors (Lipinski definition) is 1. The van der Waals surface area contributed by atoms with E-state index >= 15 is 0 Å². The fourth-order valence-electron chi connectivity index (χ4n) is 3.03. The summed E-state index contributed by atoms with van der Waals surface area (Å²) in [6.07, 6.45) is 1.49. The van der Waals surface area contributed by atoms with Gasteiger partial charge < -0.3 is 5.11 Å². The van der Waals surface area contributed by atoms with Crippen LogP contribution in [0.5, 0.6) is 0 Å². The number of carbonyl (C=O) groups excluding carboxylic acids is 2. The Kier molecular flexibility index (Phi) is 4.49. The van der Waals surface area contributed by atoms with Crippen LogP contribution in [0.25, 0.3) is 0 Å². The highest BCUT2D eigenvalue weighted by atomic mass is 32.1. The van der Waals surface area contributed by atoms with Gasteiger partial charge in [0.15, 0.2) is 10.9 Å². The number of nitro groups is 1. The van der Waals surface area contributed by atoms with Crippen LogP contribution < -0.4 is 4.90 Å². The van der Waals surface area contributed by atoms with E-state index in [0.717, 1.165) is 11.3 Å². The Bertz CT molecular complexity index is 1110. The van der Waals surface area contributed by atoms with Crippen molar-refractivity contribution in [1.29, 1.82) is 0 Å². The molecule has 1 aliphatic heterocycles. The van der Waals surface area contributed by atoms with Crippen molar-refractivity contribution < 1.29 is 19.6 Å². The van der Waals surface area contributed by atoms with E-state index in [0.29, 0.717) is 10.4 Å². The highest BCUT2D eigenvalue weighted by Crippen LogP contribution is 2.43. The Labute approximate surface area is 166 Å². The Morgan fingerprint density at radius 3 is 2.68 bits per heavy atom. The number of aromatic nitrogens is 1. The molecule has 0 aliphatic carbocycles. The molecule has 28 heavy (non-hydrogen) atoms. The van der Waals surface area contributed by atoms with Gasteiger partial charge in [0.25, 0.3) is 11.6 Å². The van der Waals surface area contributed by atoms with Crippen LogP contribution in [0, 0.1) is 10.1 Å². The third-order valence-electron chi connectivity index (χ3n) is 4.22. The summed E-state index contributed by atoms with van der Waals surface area (Å²) in [6, 6.07) is 7.92. The number of aliphatic hydroxyl groups excluding tert-OH is 1. The lowest BCUT2D eigenvalue weighted by molar-refractivity contribution is -0.384. The number of hydrogen-bond acceptors (Lipinski definition) is 8. The molecule has 1 unspecified atom stereocenters. The maximum Gasteiger partial charge on any atom is 0.296 e. The lowest BCUT2D eigenvalue weighted by Crippen LogP contribution is -2.30. The molecule has 3 aromatic rings. The molecule has 1 aliphatic rings. The van der Waals surface area contributed by atoms with Crippen molar-refractivity contribution >= 4 is 45.2 Å². The molecule has 4 rings (SSSR count). The molecule has 140 valence electrons. The molecule has 2 aromatic heterocycles. The van der Waals surface area contributed by atoms with Crippen molar-refractivity contribution in [3.63, 3.8) is 0 Å². The fraction of sp³-hybridized carbons (Fsp3) is 0.0556. The van der Waals surface area contributed by atoms with Crippen molar-refractivity contribution in [2.45, 2.75) is 6.04 Å². The number of aliphatic hydroxyl groups is 1. The van der Waals surface area contributed by atoms with E-state index in [-0.39, 0.29) is 16.4 Å². The molecule has 0 bridgehead atoms. The van der Waals surface area contributed by atoms with Gasteiger partial charge in [-0.05, 0) is 17.0 Å². The Morgan fingerprint density at radius 1 is 1.21 bits per heavy atom. The molecule has 0 spiro atoms. The van der Waals surface area contributed by atoms with Gasteiger partial charge in [-0.3, -0.25) is 24.6 Å². The van der Waals surface area contributed by atoms with Gasteiger partial charge in [0, 0.05) is 23.7 Å². The van der Waals surface area contributed by atoms with E-state index in [4.69, 9.17) is 0 Å². The first-order chi connectivity index (χ1) is 13.5. The standard InChI is InChI=1S/C18H11N3O5S2/c22-15(12-5-2-7-27-12)13-14(10-3-1-4-11(9-10)21(25)26)20(17(24)16(13)23)18-19-6-8-28-18/h1-9,14,23H. The first kappa shape index (κ1) is 18.0. The molecule has 0 saturated heterocycles. The average molecular weight is 413 g/mol. The number of ketones is 1. The minimum absolute atomic E-state index is 0.122. The second-order valence-electron chi connectivity index (χ2n) is 5.81. The van der Waals surface area contributed by atoms with Crippen molar-refractivity contribution in [3.8, 4) is 0 Å². The van der Waals surface area contributed by atoms with E-state index in [1.54, 1.807) is 29.0 Å². The van der Waals surface area contributed by atoms with Gasteiger partial charge in [0.05, 0.1) is 21.4 Å². The van der Waals surface area contributed by atoms with Crippen LogP contribution in [0.4, 0.5) is 10.8 Å². The van der Waals surface area contributed by atoms with Crippen LogP contribution >= 0.6 is 22.7 Å². The number of thiazole rings is 1. The molecule has 3 heterocycles. The first-order valence-corrected chi connectivity index (χ1v) is 9.73. The van der Waals surface area contributed by atoms with E-state index in [9.17, 15) is 24.8 Å². The molecule has 1 aromatic carbocycles. The number of carbonyl (C=O) groups is 2. The molecular formula is C18H11N3O5S2.